The molecule has 11 rings (SSSR count). The van der Waals surface area contributed by atoms with Gasteiger partial charge in [-0.2, -0.15) is 0 Å². The van der Waals surface area contributed by atoms with Crippen molar-refractivity contribution in [1.29, 1.82) is 0 Å². The summed E-state index contributed by atoms with van der Waals surface area (Å²) in [5, 5.41) is 9.02. The fourth-order valence-electron chi connectivity index (χ4n) is 8.02. The molecule has 2 aromatic heterocycles. The quantitative estimate of drug-likeness (QED) is 0.170. The van der Waals surface area contributed by atoms with Gasteiger partial charge in [-0.3, -0.25) is 0 Å². The van der Waals surface area contributed by atoms with Gasteiger partial charge in [0.15, 0.2) is 5.58 Å². The minimum absolute atomic E-state index is 0.612. The second-order valence-electron chi connectivity index (χ2n) is 13.5. The molecule has 0 aliphatic heterocycles. The van der Waals surface area contributed by atoms with Crippen LogP contribution in [0.25, 0.3) is 87.9 Å². The molecule has 0 aliphatic rings. The maximum Gasteiger partial charge on any atom is 0.227 e. The Morgan fingerprint density at radius 2 is 1.09 bits per heavy atom. The molecule has 0 atom stereocenters. The number of para-hydroxylation sites is 2. The molecular weight excluding hydrogens is 649 g/mol. The van der Waals surface area contributed by atoms with Crippen LogP contribution in [0.3, 0.4) is 0 Å². The Balaban J connectivity index is 1.21. The molecule has 0 spiro atoms. The van der Waals surface area contributed by atoms with Gasteiger partial charge < -0.3 is 13.7 Å². The first-order valence-electron chi connectivity index (χ1n) is 17.9. The van der Waals surface area contributed by atoms with Crippen molar-refractivity contribution in [2.24, 2.45) is 0 Å². The predicted molar refractivity (Wildman–Crippen MR) is 219 cm³/mol. The summed E-state index contributed by atoms with van der Waals surface area (Å²) >= 11 is 0. The number of furan rings is 1. The van der Waals surface area contributed by atoms with Crippen molar-refractivity contribution < 1.29 is 8.83 Å². The lowest BCUT2D eigenvalue weighted by molar-refractivity contribution is 0.623. The number of rotatable bonds is 5. The number of hydrogen-bond acceptors (Lipinski definition) is 4. The summed E-state index contributed by atoms with van der Waals surface area (Å²) in [7, 11) is 0. The van der Waals surface area contributed by atoms with Crippen LogP contribution in [0.4, 0.5) is 17.1 Å². The molecule has 0 saturated carbocycles. The van der Waals surface area contributed by atoms with Crippen LogP contribution in [0.15, 0.2) is 191 Å². The second kappa shape index (κ2) is 11.7. The summed E-state index contributed by atoms with van der Waals surface area (Å²) in [6.45, 7) is 0. The van der Waals surface area contributed by atoms with E-state index in [0.717, 1.165) is 77.2 Å². The average molecular weight is 679 g/mol. The van der Waals surface area contributed by atoms with Gasteiger partial charge in [0.25, 0.3) is 0 Å². The van der Waals surface area contributed by atoms with Crippen molar-refractivity contribution in [3.05, 3.63) is 182 Å². The molecule has 0 radical (unpaired) electrons. The van der Waals surface area contributed by atoms with E-state index < -0.39 is 0 Å². The van der Waals surface area contributed by atoms with Crippen LogP contribution in [0.5, 0.6) is 0 Å². The molecule has 248 valence electrons. The Morgan fingerprint density at radius 3 is 1.96 bits per heavy atom. The maximum absolute atomic E-state index is 6.70. The Kier molecular flexibility index (Phi) is 6.52. The van der Waals surface area contributed by atoms with Gasteiger partial charge in [-0.25, -0.2) is 4.98 Å². The molecule has 0 saturated heterocycles. The topological polar surface area (TPSA) is 42.4 Å². The van der Waals surface area contributed by atoms with Crippen LogP contribution < -0.4 is 4.90 Å². The minimum atomic E-state index is 0.612. The van der Waals surface area contributed by atoms with Gasteiger partial charge in [-0.15, -0.1) is 0 Å². The molecule has 2 heterocycles. The fraction of sp³-hybridized carbons (Fsp3) is 0. The first-order chi connectivity index (χ1) is 26.3. The van der Waals surface area contributed by atoms with E-state index >= 15 is 0 Å². The number of nitrogens with zero attached hydrogens (tertiary/aromatic N) is 2. The molecule has 0 bridgehead atoms. The van der Waals surface area contributed by atoms with E-state index in [1.165, 1.54) is 21.9 Å². The lowest BCUT2D eigenvalue weighted by atomic mass is 9.90. The summed E-state index contributed by atoms with van der Waals surface area (Å²) in [5.41, 5.74) is 9.75. The van der Waals surface area contributed by atoms with Crippen LogP contribution >= 0.6 is 0 Å². The lowest BCUT2D eigenvalue weighted by Gasteiger charge is -2.26. The monoisotopic (exact) mass is 678 g/mol. The average Bonchev–Trinajstić information content (AvgIpc) is 3.83. The molecule has 0 unspecified atom stereocenters. The molecule has 0 N–H and O–H groups in total. The lowest BCUT2D eigenvalue weighted by Crippen LogP contribution is -2.09. The molecular formula is C49H30N2O2. The van der Waals surface area contributed by atoms with Crippen molar-refractivity contribution in [3.63, 3.8) is 0 Å². The van der Waals surface area contributed by atoms with E-state index in [9.17, 15) is 0 Å². The Morgan fingerprint density at radius 1 is 0.396 bits per heavy atom. The van der Waals surface area contributed by atoms with Crippen molar-refractivity contribution in [1.82, 2.24) is 4.98 Å². The number of anilines is 3. The van der Waals surface area contributed by atoms with E-state index in [1.807, 2.05) is 42.5 Å². The summed E-state index contributed by atoms with van der Waals surface area (Å²) in [5.74, 6) is 0.612. The second-order valence-corrected chi connectivity index (χ2v) is 13.5. The van der Waals surface area contributed by atoms with Crippen LogP contribution in [0, 0.1) is 0 Å². The standard InChI is InChI=1S/C49H30N2O2/c1-3-13-32(14-4-1)49-50-44-27-22-33-28-42(38-20-11-15-31-12-7-8-18-37(31)38)39-25-23-35(29-43(39)47(33)48(44)53-49)51(34-16-5-2-6-17-34)36-24-26-41-40-19-9-10-21-45(40)52-46(41)30-36/h1-30H. The molecule has 0 aliphatic carbocycles. The Labute approximate surface area is 304 Å². The van der Waals surface area contributed by atoms with Gasteiger partial charge in [-0.05, 0) is 105 Å². The van der Waals surface area contributed by atoms with Crippen molar-refractivity contribution in [2.75, 3.05) is 4.90 Å². The van der Waals surface area contributed by atoms with Crippen LogP contribution in [0.1, 0.15) is 0 Å². The molecule has 0 amide bonds. The van der Waals surface area contributed by atoms with Crippen LogP contribution in [-0.4, -0.2) is 4.98 Å². The third kappa shape index (κ3) is 4.73. The molecule has 11 aromatic rings. The smallest absolute Gasteiger partial charge is 0.227 e. The van der Waals surface area contributed by atoms with E-state index in [0.29, 0.717) is 5.89 Å². The number of oxazole rings is 1. The zero-order valence-electron chi connectivity index (χ0n) is 28.5. The third-order valence-electron chi connectivity index (χ3n) is 10.4. The van der Waals surface area contributed by atoms with Crippen molar-refractivity contribution in [2.45, 2.75) is 0 Å². The van der Waals surface area contributed by atoms with Crippen LogP contribution in [-0.2, 0) is 0 Å². The zero-order valence-corrected chi connectivity index (χ0v) is 28.5. The highest BCUT2D eigenvalue weighted by Crippen LogP contribution is 2.45. The van der Waals surface area contributed by atoms with Gasteiger partial charge in [0.05, 0.1) is 0 Å². The van der Waals surface area contributed by atoms with Gasteiger partial charge >= 0.3 is 0 Å². The number of fused-ring (bicyclic) bond motifs is 9. The van der Waals surface area contributed by atoms with E-state index in [-0.39, 0.29) is 0 Å². The first kappa shape index (κ1) is 29.5. The first-order valence-corrected chi connectivity index (χ1v) is 17.9. The van der Waals surface area contributed by atoms with Gasteiger partial charge in [0, 0.05) is 44.9 Å². The maximum atomic E-state index is 6.70. The largest absolute Gasteiger partial charge is 0.456 e. The summed E-state index contributed by atoms with van der Waals surface area (Å²) < 4.78 is 13.1. The number of aromatic nitrogens is 1. The van der Waals surface area contributed by atoms with Gasteiger partial charge in [-0.1, -0.05) is 109 Å². The summed E-state index contributed by atoms with van der Waals surface area (Å²) in [4.78, 5) is 7.28. The number of hydrogen-bond donors (Lipinski definition) is 0. The Bertz CT molecular complexity index is 3170. The molecule has 4 heteroatoms. The van der Waals surface area contributed by atoms with E-state index in [1.54, 1.807) is 0 Å². The molecule has 4 nitrogen and oxygen atoms in total. The SMILES string of the molecule is c1ccc(-c2nc3ccc4cc(-c5cccc6ccccc56)c5ccc(N(c6ccccc6)c6ccc7c(c6)oc6ccccc67)cc5c4c3o2)cc1. The Hall–Kier alpha value is -7.17. The van der Waals surface area contributed by atoms with E-state index in [4.69, 9.17) is 13.8 Å². The van der Waals surface area contributed by atoms with Gasteiger partial charge in [0.2, 0.25) is 5.89 Å². The highest BCUT2D eigenvalue weighted by atomic mass is 16.3. The highest BCUT2D eigenvalue weighted by Gasteiger charge is 2.20. The van der Waals surface area contributed by atoms with Crippen molar-refractivity contribution in [3.8, 4) is 22.6 Å². The molecule has 0 fully saturated rings. The zero-order chi connectivity index (χ0) is 34.9. The minimum Gasteiger partial charge on any atom is -0.456 e. The van der Waals surface area contributed by atoms with E-state index in [2.05, 4.69) is 144 Å². The normalized spacial score (nSPS) is 11.8. The van der Waals surface area contributed by atoms with Crippen LogP contribution in [0.2, 0.25) is 0 Å². The number of benzene rings is 9. The van der Waals surface area contributed by atoms with Crippen molar-refractivity contribution >= 4 is 82.4 Å². The van der Waals surface area contributed by atoms with Gasteiger partial charge in [0.1, 0.15) is 16.7 Å². The summed E-state index contributed by atoms with van der Waals surface area (Å²) in [6.07, 6.45) is 0. The highest BCUT2D eigenvalue weighted by molar-refractivity contribution is 6.23. The third-order valence-corrected chi connectivity index (χ3v) is 10.4. The summed E-state index contributed by atoms with van der Waals surface area (Å²) in [6, 6.07) is 63.9. The predicted octanol–water partition coefficient (Wildman–Crippen LogP) is 14.0. The molecule has 9 aromatic carbocycles. The fourth-order valence-corrected chi connectivity index (χ4v) is 8.02. The molecule has 53 heavy (non-hydrogen) atoms.